The maximum Gasteiger partial charge on any atom is 0.407 e. The van der Waals surface area contributed by atoms with Crippen molar-refractivity contribution < 1.29 is 24.5 Å². The van der Waals surface area contributed by atoms with Crippen molar-refractivity contribution in [3.8, 4) is 0 Å². The highest BCUT2D eigenvalue weighted by Gasteiger charge is 2.21. The molecule has 0 aliphatic rings. The summed E-state index contributed by atoms with van der Waals surface area (Å²) in [6, 6.07) is 4.11. The zero-order chi connectivity index (χ0) is 14.6. The molecule has 1 aromatic carbocycles. The number of hydrogen-bond donors (Lipinski definition) is 3. The molecule has 0 spiro atoms. The summed E-state index contributed by atoms with van der Waals surface area (Å²) in [6.45, 7) is -0.276. The normalized spacial score (nSPS) is 13.9. The Kier molecular flexibility index (Phi) is 5.53. The lowest BCUT2D eigenvalue weighted by molar-refractivity contribution is 0.105. The number of nitrogens with zero attached hydrogens (tertiary/aromatic N) is 1. The van der Waals surface area contributed by atoms with Crippen LogP contribution >= 0.6 is 11.6 Å². The van der Waals surface area contributed by atoms with E-state index in [1.807, 2.05) is 0 Å². The molecule has 0 saturated carbocycles. The first kappa shape index (κ1) is 15.7. The van der Waals surface area contributed by atoms with Gasteiger partial charge in [-0.3, -0.25) is 0 Å². The standard InChI is InChI=1S/C12H15ClFNO4/c1-15(12(18)19)6-9(16)11-7(5-10(13)17)3-2-4-8(11)14/h2-4,9-10,16-17H,5-6H2,1H3,(H,18,19)/t9?,10-/m1/s1. The number of amides is 1. The molecule has 0 saturated heterocycles. The number of carbonyl (C=O) groups is 1. The van der Waals surface area contributed by atoms with E-state index in [1.165, 1.54) is 19.2 Å². The van der Waals surface area contributed by atoms with Gasteiger partial charge in [0.25, 0.3) is 0 Å². The molecular formula is C12H15ClFNO4. The fourth-order valence-electron chi connectivity index (χ4n) is 1.74. The van der Waals surface area contributed by atoms with Crippen LogP contribution in [0.1, 0.15) is 17.2 Å². The van der Waals surface area contributed by atoms with Crippen molar-refractivity contribution in [3.05, 3.63) is 35.1 Å². The van der Waals surface area contributed by atoms with E-state index in [-0.39, 0.29) is 18.5 Å². The number of halogens is 2. The van der Waals surface area contributed by atoms with E-state index in [4.69, 9.17) is 21.8 Å². The highest BCUT2D eigenvalue weighted by Crippen LogP contribution is 2.24. The average molecular weight is 292 g/mol. The molecule has 0 radical (unpaired) electrons. The number of hydrogen-bond acceptors (Lipinski definition) is 3. The third kappa shape index (κ3) is 4.34. The Labute approximate surface area is 114 Å². The van der Waals surface area contributed by atoms with Crippen molar-refractivity contribution >= 4 is 17.7 Å². The van der Waals surface area contributed by atoms with E-state index in [0.717, 1.165) is 11.0 Å². The minimum absolute atomic E-state index is 0.0392. The van der Waals surface area contributed by atoms with Crippen LogP contribution in [0.25, 0.3) is 0 Å². The fraction of sp³-hybridized carbons (Fsp3) is 0.417. The number of rotatable bonds is 5. The van der Waals surface area contributed by atoms with E-state index >= 15 is 0 Å². The van der Waals surface area contributed by atoms with Crippen LogP contribution in [-0.4, -0.2) is 45.5 Å². The molecule has 1 aromatic rings. The summed E-state index contributed by atoms with van der Waals surface area (Å²) in [6.07, 6.45) is -2.59. The Morgan fingerprint density at radius 2 is 2.11 bits per heavy atom. The summed E-state index contributed by atoms with van der Waals surface area (Å²) in [7, 11) is 1.27. The van der Waals surface area contributed by atoms with Crippen LogP contribution in [0, 0.1) is 5.82 Å². The van der Waals surface area contributed by atoms with Crippen LogP contribution in [0.4, 0.5) is 9.18 Å². The summed E-state index contributed by atoms with van der Waals surface area (Å²) < 4.78 is 13.8. The molecule has 0 bridgehead atoms. The Morgan fingerprint density at radius 3 is 2.63 bits per heavy atom. The van der Waals surface area contributed by atoms with E-state index in [0.29, 0.717) is 5.56 Å². The van der Waals surface area contributed by atoms with E-state index in [2.05, 4.69) is 0 Å². The first-order valence-electron chi connectivity index (χ1n) is 5.54. The maximum atomic E-state index is 13.8. The summed E-state index contributed by atoms with van der Waals surface area (Å²) in [5, 5.41) is 27.8. The predicted molar refractivity (Wildman–Crippen MR) is 67.6 cm³/mol. The minimum Gasteiger partial charge on any atom is -0.465 e. The molecule has 1 unspecified atom stereocenters. The van der Waals surface area contributed by atoms with Gasteiger partial charge in [-0.25, -0.2) is 9.18 Å². The van der Waals surface area contributed by atoms with E-state index in [9.17, 15) is 14.3 Å². The fourth-order valence-corrected chi connectivity index (χ4v) is 1.91. The van der Waals surface area contributed by atoms with Gasteiger partial charge in [0.1, 0.15) is 11.4 Å². The molecule has 0 fully saturated rings. The third-order valence-electron chi connectivity index (χ3n) is 2.64. The van der Waals surface area contributed by atoms with Crippen LogP contribution in [0.15, 0.2) is 18.2 Å². The maximum absolute atomic E-state index is 13.8. The number of alkyl halides is 1. The van der Waals surface area contributed by atoms with Crippen LogP contribution in [0.2, 0.25) is 0 Å². The molecule has 0 aromatic heterocycles. The molecule has 0 aliphatic carbocycles. The smallest absolute Gasteiger partial charge is 0.407 e. The lowest BCUT2D eigenvalue weighted by Gasteiger charge is -2.21. The van der Waals surface area contributed by atoms with Gasteiger partial charge in [-0.15, -0.1) is 0 Å². The second-order valence-electron chi connectivity index (χ2n) is 4.13. The van der Waals surface area contributed by atoms with Crippen molar-refractivity contribution in [1.29, 1.82) is 0 Å². The van der Waals surface area contributed by atoms with E-state index in [1.54, 1.807) is 0 Å². The van der Waals surface area contributed by atoms with Gasteiger partial charge in [0.15, 0.2) is 0 Å². The van der Waals surface area contributed by atoms with Crippen LogP contribution < -0.4 is 0 Å². The number of benzene rings is 1. The monoisotopic (exact) mass is 291 g/mol. The summed E-state index contributed by atoms with van der Waals surface area (Å²) in [5.74, 6) is -0.666. The number of likely N-dealkylation sites (N-methyl/N-ethyl adjacent to an activating group) is 1. The van der Waals surface area contributed by atoms with Gasteiger partial charge >= 0.3 is 6.09 Å². The SMILES string of the molecule is CN(CC(O)c1c(F)cccc1C[C@@H](O)Cl)C(=O)O. The Morgan fingerprint density at radius 1 is 1.47 bits per heavy atom. The summed E-state index contributed by atoms with van der Waals surface area (Å²) in [5.41, 5.74) is -0.908. The van der Waals surface area contributed by atoms with Crippen LogP contribution in [-0.2, 0) is 6.42 Å². The molecule has 0 aliphatic heterocycles. The van der Waals surface area contributed by atoms with Crippen molar-refractivity contribution in [2.45, 2.75) is 18.1 Å². The zero-order valence-electron chi connectivity index (χ0n) is 10.3. The van der Waals surface area contributed by atoms with Gasteiger partial charge in [0, 0.05) is 19.0 Å². The topological polar surface area (TPSA) is 81.0 Å². The zero-order valence-corrected chi connectivity index (χ0v) is 11.0. The van der Waals surface area contributed by atoms with Gasteiger partial charge in [-0.2, -0.15) is 0 Å². The van der Waals surface area contributed by atoms with Gasteiger partial charge in [0.05, 0.1) is 12.6 Å². The van der Waals surface area contributed by atoms with Crippen molar-refractivity contribution in [2.75, 3.05) is 13.6 Å². The molecule has 2 atom stereocenters. The number of carboxylic acid groups (broad SMARTS) is 1. The van der Waals surface area contributed by atoms with Crippen molar-refractivity contribution in [2.24, 2.45) is 0 Å². The van der Waals surface area contributed by atoms with Gasteiger partial charge in [0.2, 0.25) is 0 Å². The van der Waals surface area contributed by atoms with Crippen molar-refractivity contribution in [3.63, 3.8) is 0 Å². The second kappa shape index (κ2) is 6.70. The second-order valence-corrected chi connectivity index (χ2v) is 4.63. The summed E-state index contributed by atoms with van der Waals surface area (Å²) >= 11 is 5.44. The lowest BCUT2D eigenvalue weighted by atomic mass is 9.99. The number of aliphatic hydroxyl groups is 2. The Bertz CT molecular complexity index is 455. The van der Waals surface area contributed by atoms with E-state index < -0.39 is 23.6 Å². The average Bonchev–Trinajstić information content (AvgIpc) is 2.27. The Balaban J connectivity index is 3.00. The van der Waals surface area contributed by atoms with Gasteiger partial charge in [-0.05, 0) is 11.6 Å². The first-order chi connectivity index (χ1) is 8.82. The molecule has 7 heteroatoms. The van der Waals surface area contributed by atoms with Gasteiger partial charge < -0.3 is 20.2 Å². The predicted octanol–water partition coefficient (Wildman–Crippen LogP) is 1.57. The third-order valence-corrected chi connectivity index (χ3v) is 2.79. The molecular weight excluding hydrogens is 277 g/mol. The lowest BCUT2D eigenvalue weighted by Crippen LogP contribution is -2.30. The van der Waals surface area contributed by atoms with Crippen LogP contribution in [0.5, 0.6) is 0 Å². The molecule has 1 rings (SSSR count). The van der Waals surface area contributed by atoms with Gasteiger partial charge in [-0.1, -0.05) is 23.7 Å². The highest BCUT2D eigenvalue weighted by molar-refractivity contribution is 6.19. The summed E-state index contributed by atoms with van der Waals surface area (Å²) in [4.78, 5) is 11.5. The largest absolute Gasteiger partial charge is 0.465 e. The highest BCUT2D eigenvalue weighted by atomic mass is 35.5. The molecule has 3 N–H and O–H groups in total. The molecule has 0 heterocycles. The van der Waals surface area contributed by atoms with Crippen LogP contribution in [0.3, 0.4) is 0 Å². The quantitative estimate of drug-likeness (QED) is 0.719. The first-order valence-corrected chi connectivity index (χ1v) is 5.98. The minimum atomic E-state index is -1.33. The Hall–Kier alpha value is -1.37. The molecule has 5 nitrogen and oxygen atoms in total. The molecule has 1 amide bonds. The molecule has 19 heavy (non-hydrogen) atoms. The molecule has 106 valence electrons. The number of aliphatic hydroxyl groups excluding tert-OH is 2. The van der Waals surface area contributed by atoms with Crippen molar-refractivity contribution in [1.82, 2.24) is 4.90 Å².